The normalized spacial score (nSPS) is 12.8. The van der Waals surface area contributed by atoms with E-state index >= 15 is 0 Å². The molecule has 0 aliphatic carbocycles. The summed E-state index contributed by atoms with van der Waals surface area (Å²) in [6.45, 7) is 3.75. The number of hydrogen-bond donors (Lipinski definition) is 2. The van der Waals surface area contributed by atoms with Gasteiger partial charge in [-0.15, -0.1) is 0 Å². The van der Waals surface area contributed by atoms with Crippen LogP contribution < -0.4 is 5.32 Å². The van der Waals surface area contributed by atoms with Crippen LogP contribution in [0.3, 0.4) is 0 Å². The second-order valence-corrected chi connectivity index (χ2v) is 9.08. The first-order valence-corrected chi connectivity index (χ1v) is 11.9. The Balaban J connectivity index is 1.62. The van der Waals surface area contributed by atoms with E-state index in [2.05, 4.69) is 5.32 Å². The smallest absolute Gasteiger partial charge is 0.303 e. The van der Waals surface area contributed by atoms with E-state index in [4.69, 9.17) is 15.1 Å². The number of carboxylic acids is 1. The number of carbonyl (C=O) groups is 2. The molecule has 2 atom stereocenters. The zero-order chi connectivity index (χ0) is 25.7. The molecule has 2 N–H and O–H groups in total. The number of carbonyl (C=O) groups excluding carboxylic acids is 1. The summed E-state index contributed by atoms with van der Waals surface area (Å²) in [4.78, 5) is 33.7. The molecule has 0 saturated carbocycles. The van der Waals surface area contributed by atoms with E-state index in [9.17, 15) is 14.0 Å². The minimum absolute atomic E-state index is 0.00585. The van der Waals surface area contributed by atoms with Gasteiger partial charge in [0.25, 0.3) is 5.91 Å². The van der Waals surface area contributed by atoms with Crippen LogP contribution in [0.2, 0.25) is 0 Å². The molecule has 0 spiro atoms. The Bertz CT molecular complexity index is 1370. The summed E-state index contributed by atoms with van der Waals surface area (Å²) in [7, 11) is 0. The molecule has 1 aromatic heterocycles. The number of nitrogens with one attached hydrogen (secondary N) is 1. The van der Waals surface area contributed by atoms with Crippen molar-refractivity contribution in [3.05, 3.63) is 95.4 Å². The van der Waals surface area contributed by atoms with Crippen LogP contribution in [0.25, 0.3) is 22.3 Å². The van der Waals surface area contributed by atoms with Crippen LogP contribution >= 0.6 is 0 Å². The van der Waals surface area contributed by atoms with Crippen LogP contribution in [0, 0.1) is 11.7 Å². The van der Waals surface area contributed by atoms with Gasteiger partial charge in [-0.3, -0.25) is 9.59 Å². The first-order chi connectivity index (χ1) is 17.3. The zero-order valence-corrected chi connectivity index (χ0v) is 20.2. The Kier molecular flexibility index (Phi) is 7.68. The Labute approximate surface area is 209 Å². The van der Waals surface area contributed by atoms with Gasteiger partial charge in [-0.25, -0.2) is 14.4 Å². The Morgan fingerprint density at radius 2 is 1.67 bits per heavy atom. The Morgan fingerprint density at radius 1 is 0.944 bits per heavy atom. The van der Waals surface area contributed by atoms with Gasteiger partial charge in [0.2, 0.25) is 0 Å². The molecular weight excluding hydrogens is 457 g/mol. The predicted molar refractivity (Wildman–Crippen MR) is 137 cm³/mol. The van der Waals surface area contributed by atoms with Gasteiger partial charge in [-0.05, 0) is 61.6 Å². The fourth-order valence-electron chi connectivity index (χ4n) is 4.13. The van der Waals surface area contributed by atoms with E-state index < -0.39 is 5.97 Å². The molecule has 0 saturated heterocycles. The Morgan fingerprint density at radius 3 is 2.36 bits per heavy atom. The van der Waals surface area contributed by atoms with E-state index in [0.717, 1.165) is 22.5 Å². The molecule has 7 heteroatoms. The van der Waals surface area contributed by atoms with Crippen LogP contribution in [0.1, 0.15) is 54.3 Å². The number of halogens is 1. The third kappa shape index (κ3) is 6.10. The number of hydrogen-bond acceptors (Lipinski definition) is 4. The minimum atomic E-state index is -0.819. The lowest BCUT2D eigenvalue weighted by molar-refractivity contribution is -0.138. The van der Waals surface area contributed by atoms with E-state index in [0.29, 0.717) is 29.4 Å². The highest BCUT2D eigenvalue weighted by molar-refractivity contribution is 5.97. The highest BCUT2D eigenvalue weighted by Crippen LogP contribution is 2.26. The monoisotopic (exact) mass is 485 g/mol. The number of aliphatic carboxylic acids is 1. The fourth-order valence-corrected chi connectivity index (χ4v) is 4.13. The van der Waals surface area contributed by atoms with Gasteiger partial charge in [0.15, 0.2) is 0 Å². The minimum Gasteiger partial charge on any atom is -0.481 e. The number of amides is 1. The average Bonchev–Trinajstić information content (AvgIpc) is 2.87. The van der Waals surface area contributed by atoms with Gasteiger partial charge in [0.05, 0.1) is 28.5 Å². The van der Waals surface area contributed by atoms with Gasteiger partial charge in [-0.1, -0.05) is 49.4 Å². The van der Waals surface area contributed by atoms with Crippen molar-refractivity contribution < 1.29 is 19.1 Å². The van der Waals surface area contributed by atoms with Gasteiger partial charge < -0.3 is 10.4 Å². The van der Waals surface area contributed by atoms with Gasteiger partial charge in [0, 0.05) is 17.5 Å². The second-order valence-electron chi connectivity index (χ2n) is 9.08. The molecule has 36 heavy (non-hydrogen) atoms. The summed E-state index contributed by atoms with van der Waals surface area (Å²) >= 11 is 0. The summed E-state index contributed by atoms with van der Waals surface area (Å²) in [5, 5.41) is 12.0. The second kappa shape index (κ2) is 11.1. The molecular formula is C29H28FN3O3. The molecule has 4 aromatic rings. The molecule has 6 nitrogen and oxygen atoms in total. The topological polar surface area (TPSA) is 92.2 Å². The maximum Gasteiger partial charge on any atom is 0.303 e. The van der Waals surface area contributed by atoms with Crippen molar-refractivity contribution in [2.24, 2.45) is 5.92 Å². The fraction of sp³-hybridized carbons (Fsp3) is 0.241. The van der Waals surface area contributed by atoms with Crippen molar-refractivity contribution in [1.82, 2.24) is 15.3 Å². The van der Waals surface area contributed by atoms with Crippen molar-refractivity contribution in [1.29, 1.82) is 0 Å². The number of aryl methyl sites for hydroxylation is 1. The molecule has 0 radical (unpaired) electrons. The molecule has 184 valence electrons. The number of fused-ring (bicyclic) bond motifs is 1. The number of benzene rings is 3. The number of aromatic nitrogens is 2. The molecule has 0 bridgehead atoms. The number of rotatable bonds is 9. The molecule has 1 heterocycles. The summed E-state index contributed by atoms with van der Waals surface area (Å²) in [6.07, 6.45) is 1.32. The summed E-state index contributed by atoms with van der Waals surface area (Å²) in [5.41, 5.74) is 4.97. The van der Waals surface area contributed by atoms with Crippen LogP contribution in [-0.2, 0) is 11.2 Å². The van der Waals surface area contributed by atoms with Crippen molar-refractivity contribution >= 4 is 22.9 Å². The lowest BCUT2D eigenvalue weighted by atomic mass is 9.98. The largest absolute Gasteiger partial charge is 0.481 e. The maximum absolute atomic E-state index is 13.2. The third-order valence-corrected chi connectivity index (χ3v) is 6.16. The van der Waals surface area contributed by atoms with E-state index in [-0.39, 0.29) is 30.1 Å². The molecule has 0 fully saturated rings. The molecule has 3 aromatic carbocycles. The first kappa shape index (κ1) is 25.0. The van der Waals surface area contributed by atoms with Crippen molar-refractivity contribution in [3.63, 3.8) is 0 Å². The molecule has 0 aliphatic rings. The van der Waals surface area contributed by atoms with E-state index in [1.807, 2.05) is 44.2 Å². The highest BCUT2D eigenvalue weighted by atomic mass is 19.1. The van der Waals surface area contributed by atoms with Crippen molar-refractivity contribution in [2.45, 2.75) is 39.2 Å². The van der Waals surface area contributed by atoms with Crippen LogP contribution in [-0.4, -0.2) is 27.0 Å². The van der Waals surface area contributed by atoms with E-state index in [1.54, 1.807) is 30.3 Å². The van der Waals surface area contributed by atoms with Gasteiger partial charge >= 0.3 is 5.97 Å². The molecule has 4 rings (SSSR count). The zero-order valence-electron chi connectivity index (χ0n) is 20.2. The molecule has 0 unspecified atom stereocenters. The quantitative estimate of drug-likeness (QED) is 0.305. The lowest BCUT2D eigenvalue weighted by Crippen LogP contribution is -2.26. The SMILES string of the molecule is C[C@@H](CCc1nc2cc(C(=O)N[C@@H](C)c3ccc(F)cc3)ccc2nc1-c1ccccc1)CC(=O)O. The van der Waals surface area contributed by atoms with E-state index in [1.165, 1.54) is 12.1 Å². The summed E-state index contributed by atoms with van der Waals surface area (Å²) < 4.78 is 13.2. The van der Waals surface area contributed by atoms with Gasteiger partial charge in [0.1, 0.15) is 5.82 Å². The van der Waals surface area contributed by atoms with Crippen molar-refractivity contribution in [2.75, 3.05) is 0 Å². The maximum atomic E-state index is 13.2. The van der Waals surface area contributed by atoms with Crippen LogP contribution in [0.5, 0.6) is 0 Å². The van der Waals surface area contributed by atoms with Crippen molar-refractivity contribution in [3.8, 4) is 11.3 Å². The lowest BCUT2D eigenvalue weighted by Gasteiger charge is -2.15. The Hall–Kier alpha value is -4.13. The van der Waals surface area contributed by atoms with Crippen LogP contribution in [0.4, 0.5) is 4.39 Å². The van der Waals surface area contributed by atoms with Crippen LogP contribution in [0.15, 0.2) is 72.8 Å². The van der Waals surface area contributed by atoms with Gasteiger partial charge in [-0.2, -0.15) is 0 Å². The number of carboxylic acid groups (broad SMARTS) is 1. The molecule has 0 aliphatic heterocycles. The predicted octanol–water partition coefficient (Wildman–Crippen LogP) is 5.97. The average molecular weight is 486 g/mol. The molecule has 1 amide bonds. The summed E-state index contributed by atoms with van der Waals surface area (Å²) in [5.74, 6) is -1.41. The first-order valence-electron chi connectivity index (χ1n) is 11.9. The standard InChI is InChI=1S/C29H28FN3O3/c1-18(16-27(34)35)8-14-25-28(21-6-4-3-5-7-21)33-24-15-11-22(17-26(24)32-25)29(36)31-19(2)20-9-12-23(30)13-10-20/h3-7,9-13,15,17-19H,8,14,16H2,1-2H3,(H,31,36)(H,34,35)/t18-,19-/m0/s1. The summed E-state index contributed by atoms with van der Waals surface area (Å²) in [6, 6.07) is 20.7. The highest BCUT2D eigenvalue weighted by Gasteiger charge is 2.17. The number of nitrogens with zero attached hydrogens (tertiary/aromatic N) is 2. The third-order valence-electron chi connectivity index (χ3n) is 6.16.